The summed E-state index contributed by atoms with van der Waals surface area (Å²) in [7, 11) is 0. The van der Waals surface area contributed by atoms with E-state index in [1.54, 1.807) is 0 Å². The van der Waals surface area contributed by atoms with Gasteiger partial charge in [0.2, 0.25) is 0 Å². The van der Waals surface area contributed by atoms with Gasteiger partial charge in [-0.3, -0.25) is 0 Å². The lowest BCUT2D eigenvalue weighted by molar-refractivity contribution is 1.32. The zero-order valence-electron chi connectivity index (χ0n) is 29.9. The van der Waals surface area contributed by atoms with E-state index >= 15 is 0 Å². The van der Waals surface area contributed by atoms with Crippen molar-refractivity contribution in [1.29, 1.82) is 0 Å². The minimum absolute atomic E-state index is 0.942. The van der Waals surface area contributed by atoms with Gasteiger partial charge in [-0.05, 0) is 88.0 Å². The Morgan fingerprint density at radius 1 is 0.236 bits per heavy atom. The van der Waals surface area contributed by atoms with Crippen LogP contribution in [0.4, 0.5) is 0 Å². The van der Waals surface area contributed by atoms with E-state index in [4.69, 9.17) is 9.97 Å². The summed E-state index contributed by atoms with van der Waals surface area (Å²) in [4.78, 5) is 10.4. The number of hydrogen-bond acceptors (Lipinski definition) is 3. The summed E-state index contributed by atoms with van der Waals surface area (Å²) in [6, 6.07) is 73.5. The molecule has 3 heteroatoms. The number of rotatable bonds is 7. The number of pyridine rings is 2. The second-order valence-electron chi connectivity index (χ2n) is 13.8. The van der Waals surface area contributed by atoms with Crippen molar-refractivity contribution in [3.05, 3.63) is 206 Å². The molecule has 0 aliphatic carbocycles. The van der Waals surface area contributed by atoms with Crippen molar-refractivity contribution in [3.63, 3.8) is 0 Å². The molecule has 0 spiro atoms. The van der Waals surface area contributed by atoms with E-state index in [1.165, 1.54) is 25.7 Å². The number of nitrogens with zero attached hydrogens (tertiary/aromatic N) is 2. The van der Waals surface area contributed by atoms with Gasteiger partial charge in [-0.2, -0.15) is 0 Å². The van der Waals surface area contributed by atoms with Gasteiger partial charge < -0.3 is 0 Å². The Hall–Kier alpha value is -6.94. The zero-order valence-corrected chi connectivity index (χ0v) is 30.7. The Balaban J connectivity index is 1.22. The van der Waals surface area contributed by atoms with E-state index in [0.29, 0.717) is 0 Å². The predicted octanol–water partition coefficient (Wildman–Crippen LogP) is 14.5. The van der Waals surface area contributed by atoms with Crippen LogP contribution in [0.1, 0.15) is 0 Å². The first-order chi connectivity index (χ1) is 27.2. The minimum Gasteiger partial charge on any atom is -0.248 e. The molecule has 7 aromatic carbocycles. The Morgan fingerprint density at radius 2 is 0.582 bits per heavy atom. The summed E-state index contributed by atoms with van der Waals surface area (Å²) in [5.41, 5.74) is 14.9. The average Bonchev–Trinajstić information content (AvgIpc) is 3.65. The highest BCUT2D eigenvalue weighted by atomic mass is 32.1. The molecule has 0 atom stereocenters. The number of thiophene rings is 1. The number of hydrogen-bond donors (Lipinski definition) is 0. The highest BCUT2D eigenvalue weighted by Gasteiger charge is 2.15. The lowest BCUT2D eigenvalue weighted by Gasteiger charge is -2.15. The van der Waals surface area contributed by atoms with Gasteiger partial charge in [-0.25, -0.2) is 9.97 Å². The topological polar surface area (TPSA) is 25.8 Å². The highest BCUT2D eigenvalue weighted by molar-refractivity contribution is 7.25. The third-order valence-corrected chi connectivity index (χ3v) is 11.4. The van der Waals surface area contributed by atoms with Crippen LogP contribution in [-0.4, -0.2) is 9.97 Å². The van der Waals surface area contributed by atoms with Crippen molar-refractivity contribution in [1.82, 2.24) is 9.97 Å². The van der Waals surface area contributed by atoms with Gasteiger partial charge in [0, 0.05) is 42.4 Å². The molecule has 0 N–H and O–H groups in total. The first-order valence-corrected chi connectivity index (χ1v) is 19.4. The summed E-state index contributed by atoms with van der Waals surface area (Å²) >= 11 is 1.85. The molecule has 10 aromatic rings. The Labute approximate surface area is 324 Å². The molecule has 3 heterocycles. The third kappa shape index (κ3) is 6.52. The van der Waals surface area contributed by atoms with Gasteiger partial charge in [-0.15, -0.1) is 11.3 Å². The fourth-order valence-corrected chi connectivity index (χ4v) is 8.60. The largest absolute Gasteiger partial charge is 0.248 e. The molecule has 258 valence electrons. The number of fused-ring (bicyclic) bond motifs is 3. The zero-order chi connectivity index (χ0) is 36.6. The minimum atomic E-state index is 0.942. The van der Waals surface area contributed by atoms with Gasteiger partial charge >= 0.3 is 0 Å². The van der Waals surface area contributed by atoms with Gasteiger partial charge in [-0.1, -0.05) is 152 Å². The highest BCUT2D eigenvalue weighted by Crippen LogP contribution is 2.40. The van der Waals surface area contributed by atoms with Gasteiger partial charge in [0.05, 0.1) is 22.8 Å². The van der Waals surface area contributed by atoms with Gasteiger partial charge in [0.1, 0.15) is 0 Å². The SMILES string of the molecule is c1ccc(-c2cc(-c3cc(-c4cc(-c5ccccc5)nc(-c5ccccc5)c4)cc(-c4ccc5c(c4)sc4ccccc45)c3)cc(-c3ccccc3)n2)cc1. The molecule has 0 bridgehead atoms. The van der Waals surface area contributed by atoms with Crippen LogP contribution in [-0.2, 0) is 0 Å². The van der Waals surface area contributed by atoms with Crippen molar-refractivity contribution in [2.24, 2.45) is 0 Å². The Bertz CT molecular complexity index is 2690. The van der Waals surface area contributed by atoms with Crippen molar-refractivity contribution in [2.75, 3.05) is 0 Å². The monoisotopic (exact) mass is 718 g/mol. The molecule has 0 radical (unpaired) electrons. The summed E-state index contributed by atoms with van der Waals surface area (Å²) < 4.78 is 2.59. The molecule has 0 unspecified atom stereocenters. The average molecular weight is 719 g/mol. The van der Waals surface area contributed by atoms with Crippen molar-refractivity contribution in [2.45, 2.75) is 0 Å². The van der Waals surface area contributed by atoms with Crippen LogP contribution in [0, 0.1) is 0 Å². The van der Waals surface area contributed by atoms with E-state index in [0.717, 1.165) is 72.8 Å². The molecule has 0 aliphatic heterocycles. The lowest BCUT2D eigenvalue weighted by Crippen LogP contribution is -1.94. The first kappa shape index (κ1) is 32.7. The normalized spacial score (nSPS) is 11.3. The van der Waals surface area contributed by atoms with Crippen molar-refractivity contribution < 1.29 is 0 Å². The smallest absolute Gasteiger partial charge is 0.0715 e. The molecular weight excluding hydrogens is 685 g/mol. The lowest BCUT2D eigenvalue weighted by atomic mass is 9.91. The van der Waals surface area contributed by atoms with E-state index in [-0.39, 0.29) is 0 Å². The first-order valence-electron chi connectivity index (χ1n) is 18.6. The molecule has 0 fully saturated rings. The number of benzene rings is 7. The third-order valence-electron chi connectivity index (χ3n) is 10.2. The fraction of sp³-hybridized carbons (Fsp3) is 0. The summed E-state index contributed by atoms with van der Waals surface area (Å²) in [6.07, 6.45) is 0. The fourth-order valence-electron chi connectivity index (χ4n) is 7.45. The van der Waals surface area contributed by atoms with Gasteiger partial charge in [0.25, 0.3) is 0 Å². The maximum Gasteiger partial charge on any atom is 0.0715 e. The summed E-state index contributed by atoms with van der Waals surface area (Å²) in [5, 5.41) is 2.60. The van der Waals surface area contributed by atoms with Gasteiger partial charge in [0.15, 0.2) is 0 Å². The molecular formula is C52H34N2S. The van der Waals surface area contributed by atoms with Crippen LogP contribution >= 0.6 is 11.3 Å². The second kappa shape index (κ2) is 14.1. The van der Waals surface area contributed by atoms with E-state index in [9.17, 15) is 0 Å². The Kier molecular flexibility index (Phi) is 8.40. The van der Waals surface area contributed by atoms with Crippen LogP contribution in [0.3, 0.4) is 0 Å². The van der Waals surface area contributed by atoms with E-state index in [1.807, 2.05) is 11.3 Å². The van der Waals surface area contributed by atoms with Crippen LogP contribution in [0.5, 0.6) is 0 Å². The van der Waals surface area contributed by atoms with Crippen LogP contribution in [0.15, 0.2) is 206 Å². The van der Waals surface area contributed by atoms with Crippen molar-refractivity contribution >= 4 is 31.5 Å². The Morgan fingerprint density at radius 3 is 1.02 bits per heavy atom. The predicted molar refractivity (Wildman–Crippen MR) is 233 cm³/mol. The number of aromatic nitrogens is 2. The van der Waals surface area contributed by atoms with Crippen LogP contribution in [0.25, 0.3) is 98.6 Å². The van der Waals surface area contributed by atoms with E-state index in [2.05, 4.69) is 206 Å². The van der Waals surface area contributed by atoms with Crippen molar-refractivity contribution in [3.8, 4) is 78.4 Å². The maximum atomic E-state index is 5.20. The van der Waals surface area contributed by atoms with E-state index < -0.39 is 0 Å². The second-order valence-corrected chi connectivity index (χ2v) is 14.9. The summed E-state index contributed by atoms with van der Waals surface area (Å²) in [5.74, 6) is 0. The maximum absolute atomic E-state index is 5.20. The molecule has 2 nitrogen and oxygen atoms in total. The summed E-state index contributed by atoms with van der Waals surface area (Å²) in [6.45, 7) is 0. The molecule has 0 saturated carbocycles. The molecule has 0 saturated heterocycles. The van der Waals surface area contributed by atoms with Crippen LogP contribution in [0.2, 0.25) is 0 Å². The quantitative estimate of drug-likeness (QED) is 0.164. The molecule has 0 aliphatic rings. The molecule has 3 aromatic heterocycles. The van der Waals surface area contributed by atoms with Crippen LogP contribution < -0.4 is 0 Å². The molecule has 0 amide bonds. The molecule has 55 heavy (non-hydrogen) atoms. The molecule has 10 rings (SSSR count). The standard InChI is InChI=1S/C52H34N2S/c1-5-15-35(16-6-1)47-30-43(31-48(53-47)36-17-7-2-8-18-36)41-27-40(39-25-26-46-45-23-13-14-24-51(45)55-52(46)34-39)28-42(29-41)44-32-49(37-19-9-3-10-20-37)54-50(33-44)38-21-11-4-12-22-38/h1-34H.